The number of hydrogen-bond acceptors (Lipinski definition) is 5. The van der Waals surface area contributed by atoms with Crippen LogP contribution in [0.1, 0.15) is 19.8 Å². The van der Waals surface area contributed by atoms with Gasteiger partial charge in [0, 0.05) is 62.4 Å². The van der Waals surface area contributed by atoms with Gasteiger partial charge in [-0.15, -0.1) is 0 Å². The zero-order valence-electron chi connectivity index (χ0n) is 15.9. The van der Waals surface area contributed by atoms with Crippen LogP contribution in [0.15, 0.2) is 36.8 Å². The van der Waals surface area contributed by atoms with E-state index in [0.717, 1.165) is 22.2 Å². The second-order valence-electron chi connectivity index (χ2n) is 7.13. The Morgan fingerprint density at radius 3 is 2.64 bits per heavy atom. The van der Waals surface area contributed by atoms with E-state index in [4.69, 9.17) is 0 Å². The monoisotopic (exact) mass is 378 g/mol. The molecular weight excluding hydrogens is 356 g/mol. The summed E-state index contributed by atoms with van der Waals surface area (Å²) in [6.45, 7) is 2.80. The third-order valence-corrected chi connectivity index (χ3v) is 5.14. The average molecular weight is 378 g/mol. The molecule has 144 valence electrons. The summed E-state index contributed by atoms with van der Waals surface area (Å²) in [7, 11) is 1.86. The van der Waals surface area contributed by atoms with Crippen LogP contribution < -0.4 is 5.32 Å². The zero-order valence-corrected chi connectivity index (χ0v) is 15.9. The average Bonchev–Trinajstić information content (AvgIpc) is 3.14. The molecule has 1 N–H and O–H groups in total. The molecule has 2 amide bonds. The molecule has 0 atom stereocenters. The molecule has 1 aliphatic rings. The lowest BCUT2D eigenvalue weighted by atomic mass is 9.96. The standard InChI is InChI=1S/C20H22N6O2/c1-13(27)26-7-5-14(6-8-26)20(28)24-19-9-18-15(10-21-19)3-4-17(23-18)16-11-22-25(2)12-16/h3-4,9-12,14H,5-8H2,1-2H3,(H,21,24,28). The molecule has 0 spiro atoms. The van der Waals surface area contributed by atoms with Crippen molar-refractivity contribution in [1.82, 2.24) is 24.6 Å². The number of hydrogen-bond donors (Lipinski definition) is 1. The van der Waals surface area contributed by atoms with Gasteiger partial charge >= 0.3 is 0 Å². The Morgan fingerprint density at radius 1 is 1.18 bits per heavy atom. The van der Waals surface area contributed by atoms with Crippen LogP contribution in [0.5, 0.6) is 0 Å². The zero-order chi connectivity index (χ0) is 19.7. The van der Waals surface area contributed by atoms with E-state index in [1.807, 2.05) is 25.4 Å². The minimum absolute atomic E-state index is 0.0570. The molecule has 0 bridgehead atoms. The van der Waals surface area contributed by atoms with E-state index in [9.17, 15) is 9.59 Å². The first-order chi connectivity index (χ1) is 13.5. The number of aromatic nitrogens is 4. The Bertz CT molecular complexity index is 1040. The van der Waals surface area contributed by atoms with Crippen LogP contribution in [0.4, 0.5) is 5.82 Å². The maximum absolute atomic E-state index is 12.6. The molecule has 4 heterocycles. The van der Waals surface area contributed by atoms with Crippen LogP contribution >= 0.6 is 0 Å². The molecule has 0 radical (unpaired) electrons. The second kappa shape index (κ2) is 7.38. The molecule has 0 saturated carbocycles. The number of rotatable bonds is 3. The minimum Gasteiger partial charge on any atom is -0.343 e. The van der Waals surface area contributed by atoms with E-state index in [-0.39, 0.29) is 17.7 Å². The number of carbonyl (C=O) groups excluding carboxylic acids is 2. The molecule has 0 aromatic carbocycles. The van der Waals surface area contributed by atoms with E-state index in [0.29, 0.717) is 31.7 Å². The number of nitrogens with one attached hydrogen (secondary N) is 1. The van der Waals surface area contributed by atoms with Crippen LogP contribution in [0.2, 0.25) is 0 Å². The van der Waals surface area contributed by atoms with Crippen molar-refractivity contribution in [2.75, 3.05) is 18.4 Å². The predicted octanol–water partition coefficient (Wildman–Crippen LogP) is 2.23. The lowest BCUT2D eigenvalue weighted by molar-refractivity contribution is -0.132. The van der Waals surface area contributed by atoms with Crippen LogP contribution in [-0.2, 0) is 16.6 Å². The first-order valence-electron chi connectivity index (χ1n) is 9.32. The van der Waals surface area contributed by atoms with Crippen molar-refractivity contribution in [1.29, 1.82) is 0 Å². The molecule has 28 heavy (non-hydrogen) atoms. The fourth-order valence-corrected chi connectivity index (χ4v) is 3.48. The Labute approximate surface area is 162 Å². The van der Waals surface area contributed by atoms with Crippen molar-refractivity contribution >= 4 is 28.5 Å². The highest BCUT2D eigenvalue weighted by molar-refractivity contribution is 5.94. The first kappa shape index (κ1) is 18.1. The number of aryl methyl sites for hydroxylation is 1. The number of carbonyl (C=O) groups is 2. The van der Waals surface area contributed by atoms with Gasteiger partial charge in [0.2, 0.25) is 11.8 Å². The van der Waals surface area contributed by atoms with Crippen molar-refractivity contribution in [2.24, 2.45) is 13.0 Å². The molecule has 1 saturated heterocycles. The van der Waals surface area contributed by atoms with Gasteiger partial charge < -0.3 is 10.2 Å². The third-order valence-electron chi connectivity index (χ3n) is 5.14. The number of likely N-dealkylation sites (tertiary alicyclic amines) is 1. The predicted molar refractivity (Wildman–Crippen MR) is 105 cm³/mol. The lowest BCUT2D eigenvalue weighted by Gasteiger charge is -2.30. The minimum atomic E-state index is -0.109. The number of fused-ring (bicyclic) bond motifs is 1. The molecule has 0 unspecified atom stereocenters. The highest BCUT2D eigenvalue weighted by Gasteiger charge is 2.26. The largest absolute Gasteiger partial charge is 0.343 e. The number of pyridine rings is 2. The summed E-state index contributed by atoms with van der Waals surface area (Å²) in [6.07, 6.45) is 6.73. The first-order valence-corrected chi connectivity index (χ1v) is 9.32. The van der Waals surface area contributed by atoms with E-state index < -0.39 is 0 Å². The van der Waals surface area contributed by atoms with Gasteiger partial charge in [-0.2, -0.15) is 5.10 Å². The number of nitrogens with zero attached hydrogens (tertiary/aromatic N) is 5. The molecule has 3 aromatic heterocycles. The van der Waals surface area contributed by atoms with Crippen molar-refractivity contribution in [3.05, 3.63) is 36.8 Å². The summed E-state index contributed by atoms with van der Waals surface area (Å²) in [4.78, 5) is 34.8. The maximum Gasteiger partial charge on any atom is 0.228 e. The quantitative estimate of drug-likeness (QED) is 0.754. The topological polar surface area (TPSA) is 93.0 Å². The number of anilines is 1. The molecular formula is C20H22N6O2. The summed E-state index contributed by atoms with van der Waals surface area (Å²) in [6, 6.07) is 5.68. The van der Waals surface area contributed by atoms with E-state index in [1.165, 1.54) is 0 Å². The summed E-state index contributed by atoms with van der Waals surface area (Å²) in [5.74, 6) is 0.383. The summed E-state index contributed by atoms with van der Waals surface area (Å²) in [5.41, 5.74) is 2.52. The smallest absolute Gasteiger partial charge is 0.228 e. The highest BCUT2D eigenvalue weighted by atomic mass is 16.2. The fraction of sp³-hybridized carbons (Fsp3) is 0.350. The van der Waals surface area contributed by atoms with Gasteiger partial charge in [-0.25, -0.2) is 9.97 Å². The number of piperidine rings is 1. The van der Waals surface area contributed by atoms with Crippen LogP contribution in [0.3, 0.4) is 0 Å². The molecule has 3 aromatic rings. The van der Waals surface area contributed by atoms with Crippen molar-refractivity contribution in [3.63, 3.8) is 0 Å². The normalized spacial score (nSPS) is 15.0. The van der Waals surface area contributed by atoms with Crippen LogP contribution in [0.25, 0.3) is 22.2 Å². The van der Waals surface area contributed by atoms with Gasteiger partial charge in [0.1, 0.15) is 5.82 Å². The van der Waals surface area contributed by atoms with Gasteiger partial charge in [0.25, 0.3) is 0 Å². The van der Waals surface area contributed by atoms with Crippen LogP contribution in [-0.4, -0.2) is 49.6 Å². The Kier molecular flexibility index (Phi) is 4.77. The van der Waals surface area contributed by atoms with Crippen molar-refractivity contribution < 1.29 is 9.59 Å². The van der Waals surface area contributed by atoms with Crippen LogP contribution in [0, 0.1) is 5.92 Å². The molecule has 8 heteroatoms. The Balaban J connectivity index is 1.49. The molecule has 1 aliphatic heterocycles. The molecule has 8 nitrogen and oxygen atoms in total. The Morgan fingerprint density at radius 2 is 1.96 bits per heavy atom. The molecule has 1 fully saturated rings. The maximum atomic E-state index is 12.6. The lowest BCUT2D eigenvalue weighted by Crippen LogP contribution is -2.40. The van der Waals surface area contributed by atoms with Gasteiger partial charge in [0.15, 0.2) is 0 Å². The Hall–Kier alpha value is -3.29. The summed E-state index contributed by atoms with van der Waals surface area (Å²) >= 11 is 0. The summed E-state index contributed by atoms with van der Waals surface area (Å²) < 4.78 is 1.73. The van der Waals surface area contributed by atoms with E-state index in [2.05, 4.69) is 20.4 Å². The van der Waals surface area contributed by atoms with E-state index >= 15 is 0 Å². The third kappa shape index (κ3) is 3.71. The SMILES string of the molecule is CC(=O)N1CCC(C(=O)Nc2cc3nc(-c4cnn(C)c4)ccc3cn2)CC1. The molecule has 0 aliphatic carbocycles. The van der Waals surface area contributed by atoms with E-state index in [1.54, 1.807) is 35.0 Å². The van der Waals surface area contributed by atoms with Gasteiger partial charge in [-0.05, 0) is 25.0 Å². The van der Waals surface area contributed by atoms with Crippen molar-refractivity contribution in [2.45, 2.75) is 19.8 Å². The van der Waals surface area contributed by atoms with Crippen molar-refractivity contribution in [3.8, 4) is 11.3 Å². The van der Waals surface area contributed by atoms with Gasteiger partial charge in [0.05, 0.1) is 17.4 Å². The second-order valence-corrected chi connectivity index (χ2v) is 7.13. The highest BCUT2D eigenvalue weighted by Crippen LogP contribution is 2.23. The molecule has 4 rings (SSSR count). The summed E-state index contributed by atoms with van der Waals surface area (Å²) in [5, 5.41) is 7.99. The van der Waals surface area contributed by atoms with Gasteiger partial charge in [-0.1, -0.05) is 0 Å². The number of amides is 2. The van der Waals surface area contributed by atoms with Gasteiger partial charge in [-0.3, -0.25) is 14.3 Å². The fourth-order valence-electron chi connectivity index (χ4n) is 3.48.